The summed E-state index contributed by atoms with van der Waals surface area (Å²) in [6.45, 7) is 7.55. The van der Waals surface area contributed by atoms with Gasteiger partial charge in [0.15, 0.2) is 0 Å². The largest absolute Gasteiger partial charge is 0.320 e. The Labute approximate surface area is 121 Å². The van der Waals surface area contributed by atoms with Gasteiger partial charge in [-0.2, -0.15) is 0 Å². The van der Waals surface area contributed by atoms with E-state index in [1.807, 2.05) is 17.0 Å². The number of hydrogen-bond acceptors (Lipinski definition) is 3. The highest BCUT2D eigenvalue weighted by atomic mass is 16.2. The molecule has 2 rings (SSSR count). The molecule has 1 N–H and O–H groups in total. The van der Waals surface area contributed by atoms with Crippen LogP contribution >= 0.6 is 0 Å². The Morgan fingerprint density at radius 1 is 1.35 bits per heavy atom. The molecular formula is C16H25N3O. The predicted molar refractivity (Wildman–Crippen MR) is 81.4 cm³/mol. The summed E-state index contributed by atoms with van der Waals surface area (Å²) in [4.78, 5) is 16.3. The number of nitrogens with zero attached hydrogens (tertiary/aromatic N) is 2. The summed E-state index contributed by atoms with van der Waals surface area (Å²) in [7, 11) is 4.10. The maximum Gasteiger partial charge on any atom is 0.238 e. The van der Waals surface area contributed by atoms with E-state index < -0.39 is 0 Å². The smallest absolute Gasteiger partial charge is 0.238 e. The van der Waals surface area contributed by atoms with Crippen LogP contribution in [0.1, 0.15) is 31.1 Å². The predicted octanol–water partition coefficient (Wildman–Crippen LogP) is 1.77. The zero-order chi connectivity index (χ0) is 14.9. The van der Waals surface area contributed by atoms with E-state index in [2.05, 4.69) is 57.2 Å². The Hall–Kier alpha value is -1.39. The van der Waals surface area contributed by atoms with Crippen LogP contribution in [0.15, 0.2) is 24.3 Å². The van der Waals surface area contributed by atoms with E-state index in [-0.39, 0.29) is 17.6 Å². The number of amides is 1. The molecule has 1 aromatic carbocycles. The topological polar surface area (TPSA) is 35.6 Å². The monoisotopic (exact) mass is 275 g/mol. The van der Waals surface area contributed by atoms with Crippen molar-refractivity contribution in [1.82, 2.24) is 15.1 Å². The lowest BCUT2D eigenvalue weighted by Gasteiger charge is -2.38. The zero-order valence-electron chi connectivity index (χ0n) is 13.1. The van der Waals surface area contributed by atoms with Crippen LogP contribution in [0.2, 0.25) is 0 Å². The summed E-state index contributed by atoms with van der Waals surface area (Å²) in [6, 6.07) is 8.25. The van der Waals surface area contributed by atoms with Crippen LogP contribution in [0.3, 0.4) is 0 Å². The van der Waals surface area contributed by atoms with Crippen molar-refractivity contribution in [3.8, 4) is 0 Å². The molecule has 1 atom stereocenters. The Morgan fingerprint density at radius 2 is 2.00 bits per heavy atom. The number of carbonyl (C=O) groups is 1. The molecule has 0 radical (unpaired) electrons. The fourth-order valence-electron chi connectivity index (χ4n) is 2.45. The van der Waals surface area contributed by atoms with Gasteiger partial charge in [-0.15, -0.1) is 0 Å². The van der Waals surface area contributed by atoms with Crippen molar-refractivity contribution < 1.29 is 4.79 Å². The number of aryl methyl sites for hydroxylation is 1. The molecule has 1 amide bonds. The van der Waals surface area contributed by atoms with Crippen LogP contribution in [-0.2, 0) is 4.79 Å². The van der Waals surface area contributed by atoms with E-state index in [9.17, 15) is 4.79 Å². The average molecular weight is 275 g/mol. The Kier molecular flexibility index (Phi) is 4.16. The van der Waals surface area contributed by atoms with Crippen LogP contribution in [0.5, 0.6) is 0 Å². The van der Waals surface area contributed by atoms with Gasteiger partial charge in [-0.1, -0.05) is 24.3 Å². The van der Waals surface area contributed by atoms with E-state index in [1.54, 1.807) is 0 Å². The first-order valence-corrected chi connectivity index (χ1v) is 7.09. The lowest BCUT2D eigenvalue weighted by Crippen LogP contribution is -2.49. The molecule has 1 aliphatic rings. The normalized spacial score (nSPS) is 20.0. The average Bonchev–Trinajstić information content (AvgIpc) is 2.71. The van der Waals surface area contributed by atoms with E-state index in [4.69, 9.17) is 0 Å². The van der Waals surface area contributed by atoms with E-state index in [1.165, 1.54) is 11.1 Å². The second kappa shape index (κ2) is 5.54. The van der Waals surface area contributed by atoms with Gasteiger partial charge >= 0.3 is 0 Å². The second-order valence-corrected chi connectivity index (χ2v) is 6.37. The van der Waals surface area contributed by atoms with Crippen molar-refractivity contribution in [3.05, 3.63) is 35.4 Å². The van der Waals surface area contributed by atoms with Gasteiger partial charge < -0.3 is 9.80 Å². The zero-order valence-corrected chi connectivity index (χ0v) is 13.1. The molecule has 0 spiro atoms. The summed E-state index contributed by atoms with van der Waals surface area (Å²) in [5, 5.41) is 3.33. The van der Waals surface area contributed by atoms with Crippen molar-refractivity contribution in [2.45, 2.75) is 32.5 Å². The fourth-order valence-corrected chi connectivity index (χ4v) is 2.45. The van der Waals surface area contributed by atoms with E-state index >= 15 is 0 Å². The SMILES string of the molecule is Cc1ccccc1C1NCC(=O)N1CC(C)(C)N(C)C. The number of rotatable bonds is 4. The number of likely N-dealkylation sites (N-methyl/N-ethyl adjacent to an activating group) is 1. The van der Waals surface area contributed by atoms with Crippen LogP contribution in [0.4, 0.5) is 0 Å². The highest BCUT2D eigenvalue weighted by Crippen LogP contribution is 2.27. The van der Waals surface area contributed by atoms with Crippen LogP contribution in [0.25, 0.3) is 0 Å². The van der Waals surface area contributed by atoms with Crippen LogP contribution in [0, 0.1) is 6.92 Å². The molecule has 4 nitrogen and oxygen atoms in total. The van der Waals surface area contributed by atoms with Crippen molar-refractivity contribution in [1.29, 1.82) is 0 Å². The summed E-state index contributed by atoms with van der Waals surface area (Å²) in [6.07, 6.45) is -0.0112. The van der Waals surface area contributed by atoms with Crippen molar-refractivity contribution in [3.63, 3.8) is 0 Å². The Morgan fingerprint density at radius 3 is 2.60 bits per heavy atom. The fraction of sp³-hybridized carbons (Fsp3) is 0.562. The molecule has 1 heterocycles. The quantitative estimate of drug-likeness (QED) is 0.909. The first kappa shape index (κ1) is 15.0. The van der Waals surface area contributed by atoms with Gasteiger partial charge in [-0.3, -0.25) is 10.1 Å². The lowest BCUT2D eigenvalue weighted by molar-refractivity contribution is -0.129. The number of carbonyl (C=O) groups excluding carboxylic acids is 1. The highest BCUT2D eigenvalue weighted by Gasteiger charge is 2.36. The summed E-state index contributed by atoms with van der Waals surface area (Å²) in [5.74, 6) is 0.174. The Balaban J connectivity index is 2.26. The van der Waals surface area contributed by atoms with Gasteiger partial charge in [-0.05, 0) is 46.0 Å². The van der Waals surface area contributed by atoms with Gasteiger partial charge in [-0.25, -0.2) is 0 Å². The summed E-state index contributed by atoms with van der Waals surface area (Å²) in [5.41, 5.74) is 2.35. The van der Waals surface area contributed by atoms with Gasteiger partial charge in [0.2, 0.25) is 5.91 Å². The minimum Gasteiger partial charge on any atom is -0.320 e. The maximum absolute atomic E-state index is 12.2. The number of nitrogens with one attached hydrogen (secondary N) is 1. The third-order valence-electron chi connectivity index (χ3n) is 4.33. The van der Waals surface area contributed by atoms with E-state index in [0.717, 1.165) is 0 Å². The second-order valence-electron chi connectivity index (χ2n) is 6.37. The molecule has 1 unspecified atom stereocenters. The molecule has 1 aromatic rings. The van der Waals surface area contributed by atoms with E-state index in [0.29, 0.717) is 13.1 Å². The lowest BCUT2D eigenvalue weighted by atomic mass is 10.0. The third kappa shape index (κ3) is 2.86. The van der Waals surface area contributed by atoms with Crippen LogP contribution in [-0.4, -0.2) is 48.4 Å². The van der Waals surface area contributed by atoms with Gasteiger partial charge in [0, 0.05) is 12.1 Å². The molecule has 0 aliphatic carbocycles. The summed E-state index contributed by atoms with van der Waals surface area (Å²) < 4.78 is 0. The first-order chi connectivity index (χ1) is 9.33. The number of hydrogen-bond donors (Lipinski definition) is 1. The van der Waals surface area contributed by atoms with Crippen molar-refractivity contribution >= 4 is 5.91 Å². The first-order valence-electron chi connectivity index (χ1n) is 7.09. The summed E-state index contributed by atoms with van der Waals surface area (Å²) >= 11 is 0. The van der Waals surface area contributed by atoms with Gasteiger partial charge in [0.05, 0.1) is 6.54 Å². The highest BCUT2D eigenvalue weighted by molar-refractivity contribution is 5.81. The molecule has 0 aromatic heterocycles. The minimum atomic E-state index is -0.0530. The van der Waals surface area contributed by atoms with Gasteiger partial charge in [0.1, 0.15) is 6.17 Å². The molecule has 110 valence electrons. The standard InChI is InChI=1S/C16H25N3O/c1-12-8-6-7-9-13(12)15-17-10-14(20)19(15)11-16(2,3)18(4)5/h6-9,15,17H,10-11H2,1-5H3. The molecule has 20 heavy (non-hydrogen) atoms. The molecular weight excluding hydrogens is 250 g/mol. The molecule has 1 saturated heterocycles. The van der Waals surface area contributed by atoms with Crippen molar-refractivity contribution in [2.24, 2.45) is 0 Å². The Bertz CT molecular complexity index is 496. The van der Waals surface area contributed by atoms with Crippen LogP contribution < -0.4 is 5.32 Å². The number of benzene rings is 1. The molecule has 0 saturated carbocycles. The minimum absolute atomic E-state index is 0.0112. The molecule has 0 bridgehead atoms. The molecule has 4 heteroatoms. The van der Waals surface area contributed by atoms with Crippen molar-refractivity contribution in [2.75, 3.05) is 27.2 Å². The molecule has 1 aliphatic heterocycles. The van der Waals surface area contributed by atoms with Gasteiger partial charge in [0.25, 0.3) is 0 Å². The third-order valence-corrected chi connectivity index (χ3v) is 4.33. The molecule has 1 fully saturated rings. The maximum atomic E-state index is 12.2.